The van der Waals surface area contributed by atoms with Crippen LogP contribution < -0.4 is 5.32 Å². The number of nitrogens with one attached hydrogen (secondary N) is 1. The summed E-state index contributed by atoms with van der Waals surface area (Å²) in [6.07, 6.45) is 0.168. The lowest BCUT2D eigenvalue weighted by Crippen LogP contribution is -2.40. The van der Waals surface area contributed by atoms with Crippen LogP contribution >= 0.6 is 0 Å². The van der Waals surface area contributed by atoms with Gasteiger partial charge in [0.25, 0.3) is 0 Å². The standard InChI is InChI=1S/C12H21NO5/c1-5-17-10(15)7-6-9(8-14)13-11(16)18-12(2,3)4/h8-9H,5-7H2,1-4H3,(H,13,16)/t9-/m0/s1. The van der Waals surface area contributed by atoms with Crippen LogP contribution in [-0.2, 0) is 19.1 Å². The molecule has 6 heteroatoms. The van der Waals surface area contributed by atoms with E-state index in [-0.39, 0.29) is 12.8 Å². The molecule has 0 aromatic carbocycles. The van der Waals surface area contributed by atoms with Crippen molar-refractivity contribution in [2.75, 3.05) is 6.61 Å². The summed E-state index contributed by atoms with van der Waals surface area (Å²) in [5, 5.41) is 2.38. The molecule has 104 valence electrons. The Morgan fingerprint density at radius 3 is 2.39 bits per heavy atom. The molecule has 0 aliphatic carbocycles. The lowest BCUT2D eigenvalue weighted by atomic mass is 10.2. The van der Waals surface area contributed by atoms with Crippen LogP contribution in [0.2, 0.25) is 0 Å². The Morgan fingerprint density at radius 1 is 1.33 bits per heavy atom. The van der Waals surface area contributed by atoms with Crippen LogP contribution in [0, 0.1) is 0 Å². The van der Waals surface area contributed by atoms with Crippen molar-refractivity contribution < 1.29 is 23.9 Å². The van der Waals surface area contributed by atoms with Crippen LogP contribution in [0.25, 0.3) is 0 Å². The number of hydrogen-bond donors (Lipinski definition) is 1. The van der Waals surface area contributed by atoms with E-state index in [1.54, 1.807) is 27.7 Å². The average Bonchev–Trinajstić information content (AvgIpc) is 2.22. The van der Waals surface area contributed by atoms with E-state index in [0.29, 0.717) is 12.9 Å². The third-order valence-electron chi connectivity index (χ3n) is 1.83. The molecule has 0 fully saturated rings. The molecule has 0 radical (unpaired) electrons. The molecular formula is C12H21NO5. The topological polar surface area (TPSA) is 81.7 Å². The lowest BCUT2D eigenvalue weighted by molar-refractivity contribution is -0.143. The first kappa shape index (κ1) is 16.4. The minimum atomic E-state index is -0.746. The highest BCUT2D eigenvalue weighted by molar-refractivity contribution is 5.74. The summed E-state index contributed by atoms with van der Waals surface area (Å²) in [6, 6.07) is -0.746. The number of alkyl carbamates (subject to hydrolysis) is 1. The van der Waals surface area contributed by atoms with E-state index in [1.807, 2.05) is 0 Å². The Kier molecular flexibility index (Phi) is 7.00. The van der Waals surface area contributed by atoms with Gasteiger partial charge in [0.2, 0.25) is 0 Å². The second-order valence-corrected chi connectivity index (χ2v) is 4.73. The number of carbonyl (C=O) groups excluding carboxylic acids is 3. The van der Waals surface area contributed by atoms with Crippen molar-refractivity contribution in [1.82, 2.24) is 5.32 Å². The molecule has 0 aromatic heterocycles. The predicted molar refractivity (Wildman–Crippen MR) is 65.1 cm³/mol. The summed E-state index contributed by atoms with van der Waals surface area (Å²) in [7, 11) is 0. The van der Waals surface area contributed by atoms with Gasteiger partial charge in [0, 0.05) is 6.42 Å². The Labute approximate surface area is 107 Å². The van der Waals surface area contributed by atoms with Crippen molar-refractivity contribution in [2.24, 2.45) is 0 Å². The maximum Gasteiger partial charge on any atom is 0.408 e. The van der Waals surface area contributed by atoms with Crippen LogP contribution in [-0.4, -0.2) is 36.6 Å². The first-order valence-corrected chi connectivity index (χ1v) is 5.89. The normalized spacial score (nSPS) is 12.4. The highest BCUT2D eigenvalue weighted by Crippen LogP contribution is 2.07. The molecule has 0 aliphatic rings. The van der Waals surface area contributed by atoms with Gasteiger partial charge in [-0.25, -0.2) is 4.79 Å². The molecule has 0 bridgehead atoms. The molecule has 1 amide bonds. The van der Waals surface area contributed by atoms with Gasteiger partial charge in [-0.2, -0.15) is 0 Å². The van der Waals surface area contributed by atoms with Crippen molar-refractivity contribution in [2.45, 2.75) is 52.2 Å². The largest absolute Gasteiger partial charge is 0.466 e. The van der Waals surface area contributed by atoms with Crippen LogP contribution in [0.1, 0.15) is 40.5 Å². The Hall–Kier alpha value is -1.59. The number of aldehydes is 1. The molecule has 0 saturated carbocycles. The zero-order chi connectivity index (χ0) is 14.2. The summed E-state index contributed by atoms with van der Waals surface area (Å²) in [4.78, 5) is 33.2. The fraction of sp³-hybridized carbons (Fsp3) is 0.750. The van der Waals surface area contributed by atoms with E-state index < -0.39 is 23.7 Å². The van der Waals surface area contributed by atoms with Gasteiger partial charge in [-0.3, -0.25) is 4.79 Å². The van der Waals surface area contributed by atoms with Gasteiger partial charge >= 0.3 is 12.1 Å². The van der Waals surface area contributed by atoms with Crippen LogP contribution in [0.4, 0.5) is 4.79 Å². The molecular weight excluding hydrogens is 238 g/mol. The van der Waals surface area contributed by atoms with Crippen molar-refractivity contribution >= 4 is 18.3 Å². The summed E-state index contributed by atoms with van der Waals surface area (Å²) < 4.78 is 9.72. The van der Waals surface area contributed by atoms with Gasteiger partial charge < -0.3 is 19.6 Å². The van der Waals surface area contributed by atoms with Gasteiger partial charge in [-0.05, 0) is 34.1 Å². The molecule has 0 unspecified atom stereocenters. The Morgan fingerprint density at radius 2 is 1.94 bits per heavy atom. The van der Waals surface area contributed by atoms with Crippen molar-refractivity contribution in [3.8, 4) is 0 Å². The van der Waals surface area contributed by atoms with Crippen LogP contribution in [0.5, 0.6) is 0 Å². The minimum Gasteiger partial charge on any atom is -0.466 e. The molecule has 18 heavy (non-hydrogen) atoms. The van der Waals surface area contributed by atoms with E-state index in [4.69, 9.17) is 9.47 Å². The van der Waals surface area contributed by atoms with E-state index in [0.717, 1.165) is 0 Å². The van der Waals surface area contributed by atoms with E-state index in [9.17, 15) is 14.4 Å². The van der Waals surface area contributed by atoms with E-state index in [2.05, 4.69) is 5.32 Å². The van der Waals surface area contributed by atoms with E-state index in [1.165, 1.54) is 0 Å². The molecule has 1 N–H and O–H groups in total. The van der Waals surface area contributed by atoms with Crippen molar-refractivity contribution in [3.05, 3.63) is 0 Å². The highest BCUT2D eigenvalue weighted by Gasteiger charge is 2.19. The Bertz CT molecular complexity index is 295. The summed E-state index contributed by atoms with van der Waals surface area (Å²) in [6.45, 7) is 7.17. The predicted octanol–water partition coefficient (Wildman–Crippen LogP) is 1.42. The number of carbonyl (C=O) groups is 3. The maximum atomic E-state index is 11.4. The average molecular weight is 259 g/mol. The molecule has 0 saturated heterocycles. The van der Waals surface area contributed by atoms with Crippen LogP contribution in [0.15, 0.2) is 0 Å². The zero-order valence-electron chi connectivity index (χ0n) is 11.3. The minimum absolute atomic E-state index is 0.0764. The molecule has 0 spiro atoms. The number of ether oxygens (including phenoxy) is 2. The number of hydrogen-bond acceptors (Lipinski definition) is 5. The second kappa shape index (κ2) is 7.68. The monoisotopic (exact) mass is 259 g/mol. The summed E-state index contributed by atoms with van der Waals surface area (Å²) >= 11 is 0. The molecule has 0 aliphatic heterocycles. The third kappa shape index (κ3) is 8.55. The Balaban J connectivity index is 4.07. The SMILES string of the molecule is CCOC(=O)CC[C@@H](C=O)NC(=O)OC(C)(C)C. The van der Waals surface area contributed by atoms with Gasteiger partial charge in [0.15, 0.2) is 0 Å². The summed E-state index contributed by atoms with van der Waals surface area (Å²) in [5.74, 6) is -0.393. The first-order valence-electron chi connectivity index (χ1n) is 5.89. The lowest BCUT2D eigenvalue weighted by Gasteiger charge is -2.21. The third-order valence-corrected chi connectivity index (χ3v) is 1.83. The number of rotatable bonds is 6. The number of amides is 1. The highest BCUT2D eigenvalue weighted by atomic mass is 16.6. The van der Waals surface area contributed by atoms with Gasteiger partial charge in [0.05, 0.1) is 12.6 Å². The fourth-order valence-corrected chi connectivity index (χ4v) is 1.14. The van der Waals surface area contributed by atoms with Gasteiger partial charge in [-0.1, -0.05) is 0 Å². The second-order valence-electron chi connectivity index (χ2n) is 4.73. The first-order chi connectivity index (χ1) is 8.28. The smallest absolute Gasteiger partial charge is 0.408 e. The zero-order valence-corrected chi connectivity index (χ0v) is 11.3. The quantitative estimate of drug-likeness (QED) is 0.576. The maximum absolute atomic E-state index is 11.4. The van der Waals surface area contributed by atoms with E-state index >= 15 is 0 Å². The van der Waals surface area contributed by atoms with Gasteiger partial charge in [-0.15, -0.1) is 0 Å². The summed E-state index contributed by atoms with van der Waals surface area (Å²) in [5.41, 5.74) is -0.626. The van der Waals surface area contributed by atoms with Crippen molar-refractivity contribution in [1.29, 1.82) is 0 Å². The van der Waals surface area contributed by atoms with Crippen molar-refractivity contribution in [3.63, 3.8) is 0 Å². The number of esters is 1. The molecule has 0 rings (SSSR count). The van der Waals surface area contributed by atoms with Gasteiger partial charge in [0.1, 0.15) is 11.9 Å². The fourth-order valence-electron chi connectivity index (χ4n) is 1.14. The molecule has 0 aromatic rings. The molecule has 0 heterocycles. The molecule has 6 nitrogen and oxygen atoms in total. The molecule has 1 atom stereocenters. The van der Waals surface area contributed by atoms with Crippen LogP contribution in [0.3, 0.4) is 0 Å².